The van der Waals surface area contributed by atoms with Crippen molar-refractivity contribution < 1.29 is 22.8 Å². The van der Waals surface area contributed by atoms with Crippen LogP contribution >= 0.6 is 11.3 Å². The van der Waals surface area contributed by atoms with Crippen LogP contribution in [0.2, 0.25) is 0 Å². The molecule has 0 unspecified atom stereocenters. The highest BCUT2D eigenvalue weighted by Crippen LogP contribution is 2.33. The Balaban J connectivity index is 1.69. The summed E-state index contributed by atoms with van der Waals surface area (Å²) in [5.41, 5.74) is 2.17. The summed E-state index contributed by atoms with van der Waals surface area (Å²) in [4.78, 5) is 4.00. The first kappa shape index (κ1) is 16.3. The quantitative estimate of drug-likeness (QED) is 0.497. The Kier molecular flexibility index (Phi) is 3.96. The predicted octanol–water partition coefficient (Wildman–Crippen LogP) is 5.26. The van der Waals surface area contributed by atoms with E-state index < -0.39 is 28.8 Å². The first-order valence-electron chi connectivity index (χ1n) is 7.38. The lowest BCUT2D eigenvalue weighted by Gasteiger charge is -2.02. The Bertz CT molecular complexity index is 1080. The van der Waals surface area contributed by atoms with E-state index in [-0.39, 0.29) is 11.7 Å². The number of benzene rings is 2. The monoisotopic (exact) mass is 374 g/mol. The fourth-order valence-corrected chi connectivity index (χ4v) is 3.10. The fraction of sp³-hybridized carbons (Fsp3) is 0. The molecule has 4 aromatic rings. The second kappa shape index (κ2) is 6.30. The van der Waals surface area contributed by atoms with E-state index in [2.05, 4.69) is 10.1 Å². The van der Waals surface area contributed by atoms with Crippen LogP contribution in [0.1, 0.15) is 0 Å². The van der Waals surface area contributed by atoms with Crippen molar-refractivity contribution in [1.29, 1.82) is 0 Å². The van der Waals surface area contributed by atoms with Gasteiger partial charge < -0.3 is 9.63 Å². The molecular weight excluding hydrogens is 365 g/mol. The standard InChI is InChI=1S/C18H9F3N2O2S/c19-13-7-12(14(20)16(24)15(13)21)18-22-17(23-25-18)10-3-1-9(2-4-10)11-5-6-26-8-11/h1-8,24H. The van der Waals surface area contributed by atoms with E-state index in [1.165, 1.54) is 0 Å². The van der Waals surface area contributed by atoms with Gasteiger partial charge in [0.15, 0.2) is 17.4 Å². The number of hydrogen-bond acceptors (Lipinski definition) is 5. The maximum Gasteiger partial charge on any atom is 0.261 e. The molecule has 0 aliphatic carbocycles. The topological polar surface area (TPSA) is 59.2 Å². The van der Waals surface area contributed by atoms with Crippen LogP contribution in [-0.4, -0.2) is 15.2 Å². The van der Waals surface area contributed by atoms with Gasteiger partial charge in [0.2, 0.25) is 11.6 Å². The van der Waals surface area contributed by atoms with Crippen LogP contribution in [0.25, 0.3) is 34.0 Å². The van der Waals surface area contributed by atoms with Crippen LogP contribution in [0.5, 0.6) is 5.75 Å². The summed E-state index contributed by atoms with van der Waals surface area (Å²) in [5.74, 6) is -6.10. The largest absolute Gasteiger partial charge is 0.503 e. The molecule has 2 heterocycles. The molecule has 0 saturated heterocycles. The predicted molar refractivity (Wildman–Crippen MR) is 90.0 cm³/mol. The summed E-state index contributed by atoms with van der Waals surface area (Å²) in [6.45, 7) is 0. The van der Waals surface area contributed by atoms with Crippen molar-refractivity contribution in [3.8, 4) is 39.7 Å². The molecular formula is C18H9F3N2O2S. The minimum atomic E-state index is -1.67. The van der Waals surface area contributed by atoms with Crippen molar-refractivity contribution in [2.24, 2.45) is 0 Å². The average Bonchev–Trinajstić information content (AvgIpc) is 3.35. The van der Waals surface area contributed by atoms with Gasteiger partial charge in [0.05, 0.1) is 5.56 Å². The SMILES string of the molecule is Oc1c(F)c(F)cc(-c2nc(-c3ccc(-c4ccsc4)cc3)no2)c1F. The molecule has 0 radical (unpaired) electrons. The molecule has 4 rings (SSSR count). The summed E-state index contributed by atoms with van der Waals surface area (Å²) in [6.07, 6.45) is 0. The zero-order chi connectivity index (χ0) is 18.3. The van der Waals surface area contributed by atoms with E-state index in [1.807, 2.05) is 29.0 Å². The van der Waals surface area contributed by atoms with Gasteiger partial charge in [0.25, 0.3) is 5.89 Å². The number of halogens is 3. The number of rotatable bonds is 3. The summed E-state index contributed by atoms with van der Waals surface area (Å²) >= 11 is 1.59. The molecule has 0 bridgehead atoms. The highest BCUT2D eigenvalue weighted by Gasteiger charge is 2.23. The maximum absolute atomic E-state index is 14.0. The second-order valence-electron chi connectivity index (χ2n) is 5.40. The highest BCUT2D eigenvalue weighted by molar-refractivity contribution is 7.08. The Hall–Kier alpha value is -3.13. The first-order valence-corrected chi connectivity index (χ1v) is 8.32. The number of phenols is 1. The lowest BCUT2D eigenvalue weighted by Crippen LogP contribution is -1.93. The molecule has 0 amide bonds. The Morgan fingerprint density at radius 2 is 1.65 bits per heavy atom. The van der Waals surface area contributed by atoms with Crippen molar-refractivity contribution in [1.82, 2.24) is 10.1 Å². The Morgan fingerprint density at radius 1 is 0.923 bits per heavy atom. The summed E-state index contributed by atoms with van der Waals surface area (Å²) in [5, 5.41) is 17.0. The van der Waals surface area contributed by atoms with Crippen molar-refractivity contribution >= 4 is 11.3 Å². The van der Waals surface area contributed by atoms with E-state index in [9.17, 15) is 18.3 Å². The third-order valence-electron chi connectivity index (χ3n) is 3.79. The molecule has 0 spiro atoms. The minimum Gasteiger partial charge on any atom is -0.503 e. The summed E-state index contributed by atoms with van der Waals surface area (Å²) in [7, 11) is 0. The lowest BCUT2D eigenvalue weighted by molar-refractivity contribution is 0.374. The maximum atomic E-state index is 14.0. The van der Waals surface area contributed by atoms with Crippen LogP contribution in [0, 0.1) is 17.5 Å². The molecule has 0 saturated carbocycles. The smallest absolute Gasteiger partial charge is 0.261 e. The third-order valence-corrected chi connectivity index (χ3v) is 4.47. The van der Waals surface area contributed by atoms with Crippen LogP contribution in [0.15, 0.2) is 51.7 Å². The fourth-order valence-electron chi connectivity index (χ4n) is 2.44. The van der Waals surface area contributed by atoms with Gasteiger partial charge in [-0.25, -0.2) is 8.78 Å². The van der Waals surface area contributed by atoms with Crippen molar-refractivity contribution in [3.63, 3.8) is 0 Å². The molecule has 0 aliphatic rings. The molecule has 4 nitrogen and oxygen atoms in total. The molecule has 2 aromatic carbocycles. The van der Waals surface area contributed by atoms with Crippen LogP contribution < -0.4 is 0 Å². The van der Waals surface area contributed by atoms with E-state index in [1.54, 1.807) is 23.5 Å². The Morgan fingerprint density at radius 3 is 2.35 bits per heavy atom. The number of phenolic OH excluding ortho intramolecular Hbond substituents is 1. The highest BCUT2D eigenvalue weighted by atomic mass is 32.1. The van der Waals surface area contributed by atoms with Gasteiger partial charge >= 0.3 is 0 Å². The minimum absolute atomic E-state index is 0.153. The molecule has 0 aliphatic heterocycles. The van der Waals surface area contributed by atoms with Crippen LogP contribution in [-0.2, 0) is 0 Å². The van der Waals surface area contributed by atoms with E-state index in [0.29, 0.717) is 11.6 Å². The number of hydrogen-bond donors (Lipinski definition) is 1. The summed E-state index contributed by atoms with van der Waals surface area (Å²) < 4.78 is 45.5. The number of thiophene rings is 1. The molecule has 8 heteroatoms. The third kappa shape index (κ3) is 2.74. The lowest BCUT2D eigenvalue weighted by atomic mass is 10.1. The number of aromatic hydroxyl groups is 1. The van der Waals surface area contributed by atoms with Crippen molar-refractivity contribution in [2.75, 3.05) is 0 Å². The van der Waals surface area contributed by atoms with Gasteiger partial charge in [0, 0.05) is 5.56 Å². The normalized spacial score (nSPS) is 11.0. The summed E-state index contributed by atoms with van der Waals surface area (Å²) in [6, 6.07) is 9.82. The molecule has 0 atom stereocenters. The average molecular weight is 374 g/mol. The van der Waals surface area contributed by atoms with Crippen molar-refractivity contribution in [2.45, 2.75) is 0 Å². The zero-order valence-electron chi connectivity index (χ0n) is 12.9. The van der Waals surface area contributed by atoms with E-state index >= 15 is 0 Å². The van der Waals surface area contributed by atoms with Gasteiger partial charge in [-0.2, -0.15) is 20.7 Å². The number of nitrogens with zero attached hydrogens (tertiary/aromatic N) is 2. The van der Waals surface area contributed by atoms with Gasteiger partial charge in [0.1, 0.15) is 0 Å². The van der Waals surface area contributed by atoms with Gasteiger partial charge in [-0.05, 0) is 34.0 Å². The second-order valence-corrected chi connectivity index (χ2v) is 6.18. The first-order chi connectivity index (χ1) is 12.5. The molecule has 2 aromatic heterocycles. The van der Waals surface area contributed by atoms with Crippen LogP contribution in [0.3, 0.4) is 0 Å². The molecule has 26 heavy (non-hydrogen) atoms. The number of aromatic nitrogens is 2. The molecule has 1 N–H and O–H groups in total. The zero-order valence-corrected chi connectivity index (χ0v) is 13.7. The van der Waals surface area contributed by atoms with Crippen molar-refractivity contribution in [3.05, 3.63) is 64.6 Å². The van der Waals surface area contributed by atoms with E-state index in [0.717, 1.165) is 11.1 Å². The molecule has 0 fully saturated rings. The van der Waals surface area contributed by atoms with Gasteiger partial charge in [-0.1, -0.05) is 29.4 Å². The molecule has 130 valence electrons. The van der Waals surface area contributed by atoms with Gasteiger partial charge in [-0.15, -0.1) is 0 Å². The van der Waals surface area contributed by atoms with Gasteiger partial charge in [-0.3, -0.25) is 0 Å². The Labute approximate surface area is 149 Å². The van der Waals surface area contributed by atoms with Crippen LogP contribution in [0.4, 0.5) is 13.2 Å². The van der Waals surface area contributed by atoms with E-state index in [4.69, 9.17) is 4.52 Å².